The van der Waals surface area contributed by atoms with Crippen LogP contribution in [0.15, 0.2) is 16.6 Å². The van der Waals surface area contributed by atoms with Gasteiger partial charge in [0, 0.05) is 19.2 Å². The first-order valence-electron chi connectivity index (χ1n) is 3.51. The number of Topliss-reactive ketones (excluding diaryl/α,β-unsaturated/α-hetero) is 1. The molecule has 0 aliphatic carbocycles. The van der Waals surface area contributed by atoms with Gasteiger partial charge in [-0.3, -0.25) is 9.59 Å². The summed E-state index contributed by atoms with van der Waals surface area (Å²) in [6.45, 7) is 1.48. The van der Waals surface area contributed by atoms with Crippen molar-refractivity contribution in [2.24, 2.45) is 0 Å². The van der Waals surface area contributed by atoms with E-state index in [1.54, 1.807) is 12.1 Å². The molecule has 0 fully saturated rings. The van der Waals surface area contributed by atoms with Crippen molar-refractivity contribution in [2.45, 2.75) is 6.92 Å². The maximum atomic E-state index is 11.1. The van der Waals surface area contributed by atoms with E-state index in [9.17, 15) is 9.59 Å². The van der Waals surface area contributed by atoms with E-state index in [0.29, 0.717) is 14.7 Å². The van der Waals surface area contributed by atoms with Crippen LogP contribution in [-0.2, 0) is 0 Å². The Labute approximate surface area is 98.0 Å². The van der Waals surface area contributed by atoms with Crippen molar-refractivity contribution >= 4 is 50.6 Å². The van der Waals surface area contributed by atoms with E-state index in [4.69, 9.17) is 0 Å². The van der Waals surface area contributed by atoms with E-state index in [-0.39, 0.29) is 5.78 Å². The van der Waals surface area contributed by atoms with E-state index < -0.39 is 0 Å². The Morgan fingerprint density at radius 3 is 2.62 bits per heavy atom. The van der Waals surface area contributed by atoms with Crippen molar-refractivity contribution in [1.82, 2.24) is 0 Å². The molecule has 0 spiro atoms. The summed E-state index contributed by atoms with van der Waals surface area (Å²) in [6.07, 6.45) is 0.749. The van der Waals surface area contributed by atoms with Crippen LogP contribution in [0.5, 0.6) is 0 Å². The SMILES string of the molecule is CC(=O)c1cc(Br)cc(C=O)c1I. The number of hydrogen-bond donors (Lipinski definition) is 0. The lowest BCUT2D eigenvalue weighted by molar-refractivity contribution is 0.101. The van der Waals surface area contributed by atoms with Gasteiger partial charge in [-0.15, -0.1) is 0 Å². The number of benzene rings is 1. The summed E-state index contributed by atoms with van der Waals surface area (Å²) in [7, 11) is 0. The van der Waals surface area contributed by atoms with Crippen molar-refractivity contribution in [3.63, 3.8) is 0 Å². The second-order valence-electron chi connectivity index (χ2n) is 2.53. The molecule has 1 aromatic carbocycles. The summed E-state index contributed by atoms with van der Waals surface area (Å²) < 4.78 is 1.46. The normalized spacial score (nSPS) is 9.77. The summed E-state index contributed by atoms with van der Waals surface area (Å²) in [5.74, 6) is -0.0335. The van der Waals surface area contributed by atoms with Crippen LogP contribution >= 0.6 is 38.5 Å². The summed E-state index contributed by atoms with van der Waals surface area (Å²) in [6, 6.07) is 3.42. The molecule has 0 bridgehead atoms. The first-order chi connectivity index (χ1) is 6.06. The lowest BCUT2D eigenvalue weighted by Gasteiger charge is -2.03. The molecule has 0 atom stereocenters. The second kappa shape index (κ2) is 4.32. The van der Waals surface area contributed by atoms with Crippen LogP contribution in [0.4, 0.5) is 0 Å². The molecule has 1 aromatic rings. The molecule has 0 unspecified atom stereocenters. The van der Waals surface area contributed by atoms with Gasteiger partial charge >= 0.3 is 0 Å². The van der Waals surface area contributed by atoms with Gasteiger partial charge in [-0.05, 0) is 41.6 Å². The molecular weight excluding hydrogens is 347 g/mol. The molecule has 1 rings (SSSR count). The van der Waals surface area contributed by atoms with E-state index >= 15 is 0 Å². The molecule has 0 aliphatic heterocycles. The molecule has 0 amide bonds. The zero-order valence-electron chi connectivity index (χ0n) is 6.80. The lowest BCUT2D eigenvalue weighted by Crippen LogP contribution is -1.99. The molecule has 0 radical (unpaired) electrons. The number of carbonyl (C=O) groups is 2. The molecule has 0 saturated heterocycles. The fourth-order valence-electron chi connectivity index (χ4n) is 0.952. The van der Waals surface area contributed by atoms with Crippen molar-refractivity contribution in [2.75, 3.05) is 0 Å². The van der Waals surface area contributed by atoms with Crippen molar-refractivity contribution in [3.05, 3.63) is 31.3 Å². The van der Waals surface area contributed by atoms with Gasteiger partial charge in [0.2, 0.25) is 0 Å². The number of halogens is 2. The summed E-state index contributed by atoms with van der Waals surface area (Å²) in [5.41, 5.74) is 1.12. The van der Waals surface area contributed by atoms with Crippen molar-refractivity contribution in [1.29, 1.82) is 0 Å². The Hall–Kier alpha value is -0.230. The molecule has 4 heteroatoms. The van der Waals surface area contributed by atoms with Crippen molar-refractivity contribution < 1.29 is 9.59 Å². The molecule has 0 heterocycles. The average molecular weight is 353 g/mol. The van der Waals surface area contributed by atoms with Gasteiger partial charge < -0.3 is 0 Å². The highest BCUT2D eigenvalue weighted by molar-refractivity contribution is 14.1. The lowest BCUT2D eigenvalue weighted by atomic mass is 10.1. The minimum absolute atomic E-state index is 0.0335. The smallest absolute Gasteiger partial charge is 0.160 e. The Bertz CT molecular complexity index is 374. The van der Waals surface area contributed by atoms with Gasteiger partial charge in [0.05, 0.1) is 0 Å². The molecule has 2 nitrogen and oxygen atoms in total. The Morgan fingerprint density at radius 2 is 2.15 bits per heavy atom. The Kier molecular flexibility index (Phi) is 3.61. The van der Waals surface area contributed by atoms with Crippen LogP contribution in [0.25, 0.3) is 0 Å². The molecule has 0 aromatic heterocycles. The summed E-state index contributed by atoms with van der Waals surface area (Å²) in [4.78, 5) is 21.8. The van der Waals surface area contributed by atoms with Crippen LogP contribution in [-0.4, -0.2) is 12.1 Å². The predicted molar refractivity (Wildman–Crippen MR) is 62.3 cm³/mol. The van der Waals surface area contributed by atoms with Crippen LogP contribution in [0.1, 0.15) is 27.6 Å². The average Bonchev–Trinajstić information content (AvgIpc) is 2.08. The fourth-order valence-corrected chi connectivity index (χ4v) is 2.25. The summed E-state index contributed by atoms with van der Waals surface area (Å²) in [5, 5.41) is 0. The molecular formula is C9H6BrIO2. The maximum absolute atomic E-state index is 11.1. The zero-order valence-corrected chi connectivity index (χ0v) is 10.5. The summed E-state index contributed by atoms with van der Waals surface area (Å²) >= 11 is 5.24. The van der Waals surface area contributed by atoms with Gasteiger partial charge in [0.15, 0.2) is 12.1 Å². The van der Waals surface area contributed by atoms with Crippen LogP contribution in [0.3, 0.4) is 0 Å². The number of hydrogen-bond acceptors (Lipinski definition) is 2. The van der Waals surface area contributed by atoms with Crippen LogP contribution in [0, 0.1) is 3.57 Å². The number of rotatable bonds is 2. The van der Waals surface area contributed by atoms with Crippen LogP contribution < -0.4 is 0 Å². The fraction of sp³-hybridized carbons (Fsp3) is 0.111. The first-order valence-corrected chi connectivity index (χ1v) is 5.38. The zero-order chi connectivity index (χ0) is 10.0. The second-order valence-corrected chi connectivity index (χ2v) is 4.53. The van der Waals surface area contributed by atoms with Gasteiger partial charge in [-0.25, -0.2) is 0 Å². The molecule has 68 valence electrons. The third-order valence-corrected chi connectivity index (χ3v) is 3.23. The highest BCUT2D eigenvalue weighted by Crippen LogP contribution is 2.22. The van der Waals surface area contributed by atoms with E-state index in [2.05, 4.69) is 15.9 Å². The molecule has 13 heavy (non-hydrogen) atoms. The standard InChI is InChI=1S/C9H6BrIO2/c1-5(13)8-3-7(10)2-6(4-12)9(8)11/h2-4H,1H3. The minimum Gasteiger partial charge on any atom is -0.298 e. The highest BCUT2D eigenvalue weighted by Gasteiger charge is 2.10. The third kappa shape index (κ3) is 2.37. The number of carbonyl (C=O) groups excluding carboxylic acids is 2. The Balaban J connectivity index is 3.44. The van der Waals surface area contributed by atoms with Crippen molar-refractivity contribution in [3.8, 4) is 0 Å². The van der Waals surface area contributed by atoms with Crippen LogP contribution in [0.2, 0.25) is 0 Å². The largest absolute Gasteiger partial charge is 0.298 e. The third-order valence-electron chi connectivity index (χ3n) is 1.57. The van der Waals surface area contributed by atoms with E-state index in [0.717, 1.165) is 10.8 Å². The topological polar surface area (TPSA) is 34.1 Å². The molecule has 0 N–H and O–H groups in total. The van der Waals surface area contributed by atoms with E-state index in [1.165, 1.54) is 6.92 Å². The quantitative estimate of drug-likeness (QED) is 0.465. The highest BCUT2D eigenvalue weighted by atomic mass is 127. The minimum atomic E-state index is -0.0335. The van der Waals surface area contributed by atoms with Gasteiger partial charge in [0.25, 0.3) is 0 Å². The maximum Gasteiger partial charge on any atom is 0.160 e. The van der Waals surface area contributed by atoms with E-state index in [1.807, 2.05) is 22.6 Å². The Morgan fingerprint density at radius 1 is 1.54 bits per heavy atom. The van der Waals surface area contributed by atoms with Gasteiger partial charge in [-0.1, -0.05) is 15.9 Å². The number of aldehydes is 1. The monoisotopic (exact) mass is 352 g/mol. The van der Waals surface area contributed by atoms with Gasteiger partial charge in [-0.2, -0.15) is 0 Å². The molecule has 0 aliphatic rings. The van der Waals surface area contributed by atoms with Gasteiger partial charge in [0.1, 0.15) is 0 Å². The molecule has 0 saturated carbocycles. The number of ketones is 1. The first kappa shape index (κ1) is 10.8. The predicted octanol–water partition coefficient (Wildman–Crippen LogP) is 3.07.